The van der Waals surface area contributed by atoms with E-state index in [0.717, 1.165) is 18.4 Å². The fraction of sp³-hybridized carbons (Fsp3) is 0.500. The van der Waals surface area contributed by atoms with E-state index in [1.807, 2.05) is 37.3 Å². The number of carboxylic acid groups (broad SMARTS) is 1. The maximum Gasteiger partial charge on any atom is 0.326 e. The largest absolute Gasteiger partial charge is 0.480 e. The van der Waals surface area contributed by atoms with E-state index >= 15 is 0 Å². The van der Waals surface area contributed by atoms with Crippen LogP contribution in [0.25, 0.3) is 0 Å². The lowest BCUT2D eigenvalue weighted by atomic mass is 10.0. The van der Waals surface area contributed by atoms with Gasteiger partial charge in [-0.25, -0.2) is 9.59 Å². The number of nitrogens with zero attached hydrogens (tertiary/aromatic N) is 2. The van der Waals surface area contributed by atoms with Crippen LogP contribution in [0.2, 0.25) is 0 Å². The molecule has 1 N–H and O–H groups in total. The lowest BCUT2D eigenvalue weighted by molar-refractivity contribution is -0.143. The molecule has 1 aromatic carbocycles. The van der Waals surface area contributed by atoms with Gasteiger partial charge in [-0.1, -0.05) is 30.3 Å². The van der Waals surface area contributed by atoms with Crippen molar-refractivity contribution >= 4 is 12.0 Å². The maximum absolute atomic E-state index is 12.6. The topological polar surface area (TPSA) is 60.9 Å². The lowest BCUT2D eigenvalue weighted by Crippen LogP contribution is -2.52. The molecule has 2 rings (SSSR count). The van der Waals surface area contributed by atoms with E-state index in [1.54, 1.807) is 4.90 Å². The minimum atomic E-state index is -0.904. The Kier molecular flexibility index (Phi) is 5.20. The third-order valence-electron chi connectivity index (χ3n) is 3.90. The molecule has 1 aromatic rings. The van der Waals surface area contributed by atoms with Crippen LogP contribution in [0, 0.1) is 0 Å². The summed E-state index contributed by atoms with van der Waals surface area (Å²) in [5.41, 5.74) is 1.05. The van der Waals surface area contributed by atoms with Crippen LogP contribution in [0.5, 0.6) is 0 Å². The van der Waals surface area contributed by atoms with Gasteiger partial charge in [-0.05, 0) is 31.7 Å². The van der Waals surface area contributed by atoms with Crippen molar-refractivity contribution in [2.45, 2.75) is 38.8 Å². The standard InChI is InChI=1S/C16H22N2O3/c1-2-17(12-13-8-4-3-5-9-13)16(21)18-11-7-6-10-14(18)15(19)20/h3-5,8-9,14H,2,6-7,10-12H2,1H3,(H,19,20). The van der Waals surface area contributed by atoms with Gasteiger partial charge in [0.05, 0.1) is 0 Å². The number of hydrogen-bond donors (Lipinski definition) is 1. The van der Waals surface area contributed by atoms with Crippen molar-refractivity contribution in [2.75, 3.05) is 13.1 Å². The number of rotatable bonds is 4. The first-order chi connectivity index (χ1) is 10.1. The molecule has 1 unspecified atom stereocenters. The molecule has 1 aliphatic heterocycles. The number of carbonyl (C=O) groups excluding carboxylic acids is 1. The molecular weight excluding hydrogens is 268 g/mol. The van der Waals surface area contributed by atoms with Crippen LogP contribution >= 0.6 is 0 Å². The zero-order valence-electron chi connectivity index (χ0n) is 12.4. The zero-order valence-corrected chi connectivity index (χ0v) is 12.4. The summed E-state index contributed by atoms with van der Waals surface area (Å²) in [4.78, 5) is 27.2. The van der Waals surface area contributed by atoms with Crippen molar-refractivity contribution in [2.24, 2.45) is 0 Å². The highest BCUT2D eigenvalue weighted by Crippen LogP contribution is 2.20. The van der Waals surface area contributed by atoms with Crippen LogP contribution in [0.3, 0.4) is 0 Å². The van der Waals surface area contributed by atoms with Gasteiger partial charge >= 0.3 is 12.0 Å². The Morgan fingerprint density at radius 1 is 1.29 bits per heavy atom. The molecule has 0 spiro atoms. The summed E-state index contributed by atoms with van der Waals surface area (Å²) in [6.45, 7) is 3.53. The van der Waals surface area contributed by atoms with E-state index in [2.05, 4.69) is 0 Å². The average Bonchev–Trinajstić information content (AvgIpc) is 2.53. The zero-order chi connectivity index (χ0) is 15.2. The second-order valence-electron chi connectivity index (χ2n) is 5.33. The van der Waals surface area contributed by atoms with Crippen LogP contribution in [0.4, 0.5) is 4.79 Å². The fourth-order valence-corrected chi connectivity index (χ4v) is 2.72. The molecule has 0 aliphatic carbocycles. The van der Waals surface area contributed by atoms with Crippen LogP contribution in [0.15, 0.2) is 30.3 Å². The number of hydrogen-bond acceptors (Lipinski definition) is 2. The minimum Gasteiger partial charge on any atom is -0.480 e. The monoisotopic (exact) mass is 290 g/mol. The molecule has 0 saturated carbocycles. The van der Waals surface area contributed by atoms with E-state index in [9.17, 15) is 14.7 Å². The number of likely N-dealkylation sites (tertiary alicyclic amines) is 1. The fourth-order valence-electron chi connectivity index (χ4n) is 2.72. The van der Waals surface area contributed by atoms with Crippen LogP contribution in [-0.4, -0.2) is 46.0 Å². The number of amides is 2. The molecular formula is C16H22N2O3. The summed E-state index contributed by atoms with van der Waals surface area (Å²) in [5.74, 6) is -0.904. The number of urea groups is 1. The second-order valence-corrected chi connectivity index (χ2v) is 5.33. The van der Waals surface area contributed by atoms with E-state index in [1.165, 1.54) is 4.90 Å². The number of carboxylic acids is 1. The summed E-state index contributed by atoms with van der Waals surface area (Å²) < 4.78 is 0. The third-order valence-corrected chi connectivity index (χ3v) is 3.90. The van der Waals surface area contributed by atoms with Gasteiger partial charge in [0.2, 0.25) is 0 Å². The highest BCUT2D eigenvalue weighted by atomic mass is 16.4. The summed E-state index contributed by atoms with van der Waals surface area (Å²) in [6.07, 6.45) is 2.29. The van der Waals surface area contributed by atoms with Gasteiger partial charge in [0, 0.05) is 19.6 Å². The Labute approximate surface area is 125 Å². The van der Waals surface area contributed by atoms with E-state index in [-0.39, 0.29) is 6.03 Å². The van der Waals surface area contributed by atoms with Gasteiger partial charge < -0.3 is 14.9 Å². The second kappa shape index (κ2) is 7.11. The number of benzene rings is 1. The molecule has 0 bridgehead atoms. The van der Waals surface area contributed by atoms with E-state index in [4.69, 9.17) is 0 Å². The highest BCUT2D eigenvalue weighted by Gasteiger charge is 2.33. The van der Waals surface area contributed by atoms with E-state index in [0.29, 0.717) is 26.1 Å². The molecule has 114 valence electrons. The molecule has 5 nitrogen and oxygen atoms in total. The predicted molar refractivity (Wildman–Crippen MR) is 79.9 cm³/mol. The molecule has 1 heterocycles. The molecule has 1 fully saturated rings. The van der Waals surface area contributed by atoms with Crippen molar-refractivity contribution < 1.29 is 14.7 Å². The molecule has 0 radical (unpaired) electrons. The summed E-state index contributed by atoms with van der Waals surface area (Å²) in [6, 6.07) is 8.90. The first-order valence-corrected chi connectivity index (χ1v) is 7.45. The van der Waals surface area contributed by atoms with Crippen LogP contribution in [0.1, 0.15) is 31.7 Å². The van der Waals surface area contributed by atoms with Gasteiger partial charge in [-0.3, -0.25) is 0 Å². The number of aliphatic carboxylic acids is 1. The molecule has 1 saturated heterocycles. The highest BCUT2D eigenvalue weighted by molar-refractivity contribution is 5.83. The maximum atomic E-state index is 12.6. The Balaban J connectivity index is 2.09. The quantitative estimate of drug-likeness (QED) is 0.927. The van der Waals surface area contributed by atoms with Gasteiger partial charge in [0.1, 0.15) is 6.04 Å². The molecule has 0 aromatic heterocycles. The molecule has 2 amide bonds. The first-order valence-electron chi connectivity index (χ1n) is 7.45. The third kappa shape index (κ3) is 3.74. The summed E-state index contributed by atoms with van der Waals surface area (Å²) in [5, 5.41) is 9.29. The van der Waals surface area contributed by atoms with E-state index < -0.39 is 12.0 Å². The minimum absolute atomic E-state index is 0.173. The number of carbonyl (C=O) groups is 2. The Morgan fingerprint density at radius 3 is 2.62 bits per heavy atom. The van der Waals surface area contributed by atoms with Gasteiger partial charge in [0.15, 0.2) is 0 Å². The van der Waals surface area contributed by atoms with Crippen molar-refractivity contribution in [3.63, 3.8) is 0 Å². The Morgan fingerprint density at radius 2 is 2.00 bits per heavy atom. The average molecular weight is 290 g/mol. The molecule has 1 atom stereocenters. The molecule has 5 heteroatoms. The van der Waals surface area contributed by atoms with Gasteiger partial charge in [0.25, 0.3) is 0 Å². The van der Waals surface area contributed by atoms with Gasteiger partial charge in [-0.15, -0.1) is 0 Å². The first kappa shape index (κ1) is 15.4. The lowest BCUT2D eigenvalue weighted by Gasteiger charge is -2.36. The molecule has 21 heavy (non-hydrogen) atoms. The Hall–Kier alpha value is -2.04. The summed E-state index contributed by atoms with van der Waals surface area (Å²) >= 11 is 0. The number of piperidine rings is 1. The molecule has 1 aliphatic rings. The SMILES string of the molecule is CCN(Cc1ccccc1)C(=O)N1CCCCC1C(=O)O. The van der Waals surface area contributed by atoms with Crippen molar-refractivity contribution in [3.05, 3.63) is 35.9 Å². The van der Waals surface area contributed by atoms with Gasteiger partial charge in [-0.2, -0.15) is 0 Å². The van der Waals surface area contributed by atoms with Crippen molar-refractivity contribution in [3.8, 4) is 0 Å². The van der Waals surface area contributed by atoms with Crippen LogP contribution in [-0.2, 0) is 11.3 Å². The smallest absolute Gasteiger partial charge is 0.326 e. The predicted octanol–water partition coefficient (Wildman–Crippen LogP) is 2.57. The normalized spacial score (nSPS) is 18.3. The van der Waals surface area contributed by atoms with Crippen LogP contribution < -0.4 is 0 Å². The Bertz CT molecular complexity index is 490. The van der Waals surface area contributed by atoms with Crippen molar-refractivity contribution in [1.29, 1.82) is 0 Å². The van der Waals surface area contributed by atoms with Crippen molar-refractivity contribution in [1.82, 2.24) is 9.80 Å². The summed E-state index contributed by atoms with van der Waals surface area (Å²) in [7, 11) is 0.